The Bertz CT molecular complexity index is 473. The Morgan fingerprint density at radius 3 is 2.87 bits per heavy atom. The van der Waals surface area contributed by atoms with Crippen LogP contribution in [-0.2, 0) is 6.54 Å². The van der Waals surface area contributed by atoms with E-state index in [4.69, 9.17) is 5.73 Å². The molecule has 0 unspecified atom stereocenters. The van der Waals surface area contributed by atoms with Crippen molar-refractivity contribution in [3.63, 3.8) is 0 Å². The predicted octanol–water partition coefficient (Wildman–Crippen LogP) is 1.86. The van der Waals surface area contributed by atoms with Gasteiger partial charge in [-0.3, -0.25) is 9.67 Å². The maximum absolute atomic E-state index is 5.87. The van der Waals surface area contributed by atoms with Crippen LogP contribution < -0.4 is 5.73 Å². The number of nitrogens with two attached hydrogens (primary N) is 1. The molecule has 0 saturated carbocycles. The second-order valence-electron chi connectivity index (χ2n) is 3.43. The summed E-state index contributed by atoms with van der Waals surface area (Å²) in [5, 5.41) is 4.37. The topological polar surface area (TPSA) is 56.7 Å². The number of rotatable bonds is 2. The van der Waals surface area contributed by atoms with Crippen LogP contribution in [0.2, 0.25) is 0 Å². The van der Waals surface area contributed by atoms with E-state index in [9.17, 15) is 0 Å². The number of anilines is 1. The zero-order valence-corrected chi connectivity index (χ0v) is 8.94. The zero-order valence-electron chi connectivity index (χ0n) is 8.94. The number of hydrogen-bond acceptors (Lipinski definition) is 3. The smallest absolute Gasteiger partial charge is 0.0965 e. The first-order valence-electron chi connectivity index (χ1n) is 4.97. The summed E-state index contributed by atoms with van der Waals surface area (Å²) in [5.41, 5.74) is 9.35. The van der Waals surface area contributed by atoms with Gasteiger partial charge in [-0.05, 0) is 26.0 Å². The fraction of sp³-hybridized carbons (Fsp3) is 0.273. The Hall–Kier alpha value is -1.84. The van der Waals surface area contributed by atoms with E-state index in [2.05, 4.69) is 17.0 Å². The van der Waals surface area contributed by atoms with Crippen molar-refractivity contribution in [2.24, 2.45) is 0 Å². The highest BCUT2D eigenvalue weighted by Gasteiger charge is 2.10. The third-order valence-corrected chi connectivity index (χ3v) is 2.36. The minimum atomic E-state index is 0.691. The number of aryl methyl sites for hydroxylation is 2. The van der Waals surface area contributed by atoms with Gasteiger partial charge in [0.15, 0.2) is 0 Å². The lowest BCUT2D eigenvalue weighted by Crippen LogP contribution is -1.93. The molecular weight excluding hydrogens is 188 g/mol. The monoisotopic (exact) mass is 202 g/mol. The second kappa shape index (κ2) is 3.73. The third-order valence-electron chi connectivity index (χ3n) is 2.36. The quantitative estimate of drug-likeness (QED) is 0.808. The Balaban J connectivity index is 2.54. The van der Waals surface area contributed by atoms with Gasteiger partial charge in [0.25, 0.3) is 0 Å². The van der Waals surface area contributed by atoms with E-state index in [0.717, 1.165) is 23.5 Å². The van der Waals surface area contributed by atoms with Crippen LogP contribution >= 0.6 is 0 Å². The highest BCUT2D eigenvalue weighted by molar-refractivity contribution is 5.73. The van der Waals surface area contributed by atoms with Crippen molar-refractivity contribution in [3.05, 3.63) is 30.2 Å². The van der Waals surface area contributed by atoms with Gasteiger partial charge in [-0.15, -0.1) is 0 Å². The largest absolute Gasteiger partial charge is 0.397 e. The number of nitrogens with zero attached hydrogens (tertiary/aromatic N) is 3. The van der Waals surface area contributed by atoms with Crippen molar-refractivity contribution in [1.29, 1.82) is 0 Å². The highest BCUT2D eigenvalue weighted by atomic mass is 15.3. The van der Waals surface area contributed by atoms with Crippen LogP contribution in [0.1, 0.15) is 12.6 Å². The van der Waals surface area contributed by atoms with Gasteiger partial charge in [-0.2, -0.15) is 5.10 Å². The lowest BCUT2D eigenvalue weighted by molar-refractivity contribution is 0.653. The minimum Gasteiger partial charge on any atom is -0.397 e. The van der Waals surface area contributed by atoms with Crippen LogP contribution in [0.4, 0.5) is 5.69 Å². The van der Waals surface area contributed by atoms with Crippen molar-refractivity contribution in [2.75, 3.05) is 5.73 Å². The summed E-state index contributed by atoms with van der Waals surface area (Å²) in [6.07, 6.45) is 3.72. The maximum atomic E-state index is 5.87. The molecule has 0 saturated heterocycles. The Morgan fingerprint density at radius 2 is 2.27 bits per heavy atom. The molecule has 2 rings (SSSR count). The van der Waals surface area contributed by atoms with Crippen LogP contribution in [0.15, 0.2) is 24.5 Å². The summed E-state index contributed by atoms with van der Waals surface area (Å²) in [5.74, 6) is 0. The molecule has 0 radical (unpaired) electrons. The van der Waals surface area contributed by atoms with Gasteiger partial charge in [-0.1, -0.05) is 0 Å². The molecule has 0 amide bonds. The molecular formula is C11H14N4. The fourth-order valence-electron chi connectivity index (χ4n) is 1.56. The van der Waals surface area contributed by atoms with Crippen LogP contribution in [0, 0.1) is 6.92 Å². The normalized spacial score (nSPS) is 10.5. The van der Waals surface area contributed by atoms with Crippen LogP contribution in [-0.4, -0.2) is 14.8 Å². The summed E-state index contributed by atoms with van der Waals surface area (Å²) >= 11 is 0. The summed E-state index contributed by atoms with van der Waals surface area (Å²) in [6, 6.07) is 3.68. The van der Waals surface area contributed by atoms with Gasteiger partial charge < -0.3 is 5.73 Å². The number of nitrogen functional groups attached to an aromatic ring is 1. The molecule has 0 fully saturated rings. The van der Waals surface area contributed by atoms with Gasteiger partial charge >= 0.3 is 0 Å². The average molecular weight is 202 g/mol. The molecule has 15 heavy (non-hydrogen) atoms. The van der Waals surface area contributed by atoms with Crippen LogP contribution in [0.25, 0.3) is 11.3 Å². The summed E-state index contributed by atoms with van der Waals surface area (Å²) < 4.78 is 1.89. The van der Waals surface area contributed by atoms with Gasteiger partial charge in [-0.25, -0.2) is 0 Å². The molecule has 0 spiro atoms. The summed E-state index contributed by atoms with van der Waals surface area (Å²) in [6.45, 7) is 4.88. The molecule has 0 atom stereocenters. The van der Waals surface area contributed by atoms with Gasteiger partial charge in [0.2, 0.25) is 0 Å². The standard InChI is InChI=1S/C11H14N4/c1-3-15-7-9(8(2)14-15)11-10(12)5-4-6-13-11/h4-7H,3,12H2,1-2H3. The lowest BCUT2D eigenvalue weighted by atomic mass is 10.1. The minimum absolute atomic E-state index is 0.691. The number of hydrogen-bond donors (Lipinski definition) is 1. The van der Waals surface area contributed by atoms with Crippen molar-refractivity contribution in [1.82, 2.24) is 14.8 Å². The first-order valence-corrected chi connectivity index (χ1v) is 4.97. The zero-order chi connectivity index (χ0) is 10.8. The molecule has 0 aliphatic heterocycles. The van der Waals surface area contributed by atoms with Crippen molar-refractivity contribution >= 4 is 5.69 Å². The second-order valence-corrected chi connectivity index (χ2v) is 3.43. The Kier molecular flexibility index (Phi) is 2.41. The molecule has 2 aromatic heterocycles. The number of aromatic nitrogens is 3. The molecule has 4 nitrogen and oxygen atoms in total. The van der Waals surface area contributed by atoms with E-state index in [1.165, 1.54) is 0 Å². The Labute approximate surface area is 88.8 Å². The molecule has 0 aliphatic rings. The van der Waals surface area contributed by atoms with E-state index >= 15 is 0 Å². The Morgan fingerprint density at radius 1 is 1.47 bits per heavy atom. The summed E-state index contributed by atoms with van der Waals surface area (Å²) in [7, 11) is 0. The highest BCUT2D eigenvalue weighted by Crippen LogP contribution is 2.25. The van der Waals surface area contributed by atoms with Crippen molar-refractivity contribution in [2.45, 2.75) is 20.4 Å². The third kappa shape index (κ3) is 1.70. The predicted molar refractivity (Wildman–Crippen MR) is 60.3 cm³/mol. The molecule has 2 N–H and O–H groups in total. The van der Waals surface area contributed by atoms with E-state index in [1.54, 1.807) is 6.20 Å². The van der Waals surface area contributed by atoms with E-state index < -0.39 is 0 Å². The van der Waals surface area contributed by atoms with Crippen LogP contribution in [0.5, 0.6) is 0 Å². The maximum Gasteiger partial charge on any atom is 0.0965 e. The molecule has 4 heteroatoms. The first kappa shape index (κ1) is 9.71. The first-order chi connectivity index (χ1) is 7.22. The van der Waals surface area contributed by atoms with E-state index in [-0.39, 0.29) is 0 Å². The lowest BCUT2D eigenvalue weighted by Gasteiger charge is -2.01. The van der Waals surface area contributed by atoms with Gasteiger partial charge in [0.1, 0.15) is 0 Å². The van der Waals surface area contributed by atoms with E-state index in [0.29, 0.717) is 5.69 Å². The molecule has 2 heterocycles. The molecule has 78 valence electrons. The van der Waals surface area contributed by atoms with Crippen LogP contribution in [0.3, 0.4) is 0 Å². The SMILES string of the molecule is CCn1cc(-c2ncccc2N)c(C)n1. The van der Waals surface area contributed by atoms with Crippen molar-refractivity contribution in [3.8, 4) is 11.3 Å². The molecule has 0 aromatic carbocycles. The van der Waals surface area contributed by atoms with E-state index in [1.807, 2.05) is 29.9 Å². The number of pyridine rings is 1. The molecule has 2 aromatic rings. The summed E-state index contributed by atoms with van der Waals surface area (Å²) in [4.78, 5) is 4.28. The van der Waals surface area contributed by atoms with Gasteiger partial charge in [0, 0.05) is 24.5 Å². The van der Waals surface area contributed by atoms with Gasteiger partial charge in [0.05, 0.1) is 17.1 Å². The fourth-order valence-corrected chi connectivity index (χ4v) is 1.56. The molecule has 0 aliphatic carbocycles. The van der Waals surface area contributed by atoms with Crippen molar-refractivity contribution < 1.29 is 0 Å². The molecule has 0 bridgehead atoms. The average Bonchev–Trinajstić information content (AvgIpc) is 2.60.